The van der Waals surface area contributed by atoms with Gasteiger partial charge in [0.1, 0.15) is 0 Å². The molecule has 172 valence electrons. The number of anilines is 2. The van der Waals surface area contributed by atoms with Crippen molar-refractivity contribution in [3.05, 3.63) is 93.3 Å². The number of thioether (sulfide) groups is 1. The van der Waals surface area contributed by atoms with Crippen molar-refractivity contribution >= 4 is 52.6 Å². The molecule has 0 aromatic heterocycles. The first kappa shape index (κ1) is 22.6. The maximum absolute atomic E-state index is 13.2. The highest BCUT2D eigenvalue weighted by molar-refractivity contribution is 8.04. The van der Waals surface area contributed by atoms with Crippen LogP contribution in [0.5, 0.6) is 0 Å². The molecule has 0 atom stereocenters. The molecular weight excluding hydrogens is 466 g/mol. The number of fused-ring (bicyclic) bond motifs is 1. The van der Waals surface area contributed by atoms with Crippen LogP contribution in [0.2, 0.25) is 5.02 Å². The summed E-state index contributed by atoms with van der Waals surface area (Å²) >= 11 is 7.61. The molecule has 1 N–H and O–H groups in total. The van der Waals surface area contributed by atoms with Crippen LogP contribution in [0.15, 0.2) is 76.5 Å². The van der Waals surface area contributed by atoms with Gasteiger partial charge in [-0.3, -0.25) is 9.59 Å². The number of hydrogen-bond acceptors (Lipinski definition) is 4. The van der Waals surface area contributed by atoms with Crippen LogP contribution < -0.4 is 10.2 Å². The molecule has 0 unspecified atom stereocenters. The maximum atomic E-state index is 13.2. The van der Waals surface area contributed by atoms with Gasteiger partial charge in [0.15, 0.2) is 0 Å². The molecule has 2 aliphatic rings. The second kappa shape index (κ2) is 9.57. The van der Waals surface area contributed by atoms with Crippen LogP contribution in [-0.2, 0) is 4.79 Å². The Kier molecular flexibility index (Phi) is 6.35. The van der Waals surface area contributed by atoms with Crippen molar-refractivity contribution in [2.24, 2.45) is 0 Å². The van der Waals surface area contributed by atoms with Gasteiger partial charge >= 0.3 is 0 Å². The van der Waals surface area contributed by atoms with Gasteiger partial charge in [-0.05, 0) is 54.5 Å². The van der Waals surface area contributed by atoms with E-state index < -0.39 is 0 Å². The monoisotopic (exact) mass is 489 g/mol. The molecule has 1 saturated heterocycles. The predicted molar refractivity (Wildman–Crippen MR) is 140 cm³/mol. The number of halogens is 1. The molecule has 1 fully saturated rings. The summed E-state index contributed by atoms with van der Waals surface area (Å²) in [5.74, 6) is -0.174. The van der Waals surface area contributed by atoms with E-state index in [1.54, 1.807) is 6.07 Å². The molecule has 0 radical (unpaired) electrons. The molecule has 0 spiro atoms. The number of piperazine rings is 1. The molecule has 5 rings (SSSR count). The van der Waals surface area contributed by atoms with Crippen LogP contribution in [0.3, 0.4) is 0 Å². The normalized spacial score (nSPS) is 16.9. The minimum absolute atomic E-state index is 0.0184. The number of nitrogens with zero attached hydrogens (tertiary/aromatic N) is 2. The van der Waals surface area contributed by atoms with E-state index in [9.17, 15) is 9.59 Å². The molecule has 7 heteroatoms. The minimum atomic E-state index is -0.156. The van der Waals surface area contributed by atoms with E-state index in [-0.39, 0.29) is 11.8 Å². The first-order valence-electron chi connectivity index (χ1n) is 11.2. The zero-order chi connectivity index (χ0) is 23.7. The fourth-order valence-corrected chi connectivity index (χ4v) is 5.35. The largest absolute Gasteiger partial charge is 0.368 e. The first-order chi connectivity index (χ1) is 16.5. The van der Waals surface area contributed by atoms with Gasteiger partial charge in [-0.2, -0.15) is 0 Å². The van der Waals surface area contributed by atoms with E-state index in [4.69, 9.17) is 11.6 Å². The van der Waals surface area contributed by atoms with Gasteiger partial charge in [0.25, 0.3) is 11.8 Å². The second-order valence-electron chi connectivity index (χ2n) is 8.40. The third-order valence-corrected chi connectivity index (χ3v) is 7.43. The molecule has 0 aliphatic carbocycles. The predicted octanol–water partition coefficient (Wildman–Crippen LogP) is 5.70. The molecule has 5 nitrogen and oxygen atoms in total. The van der Waals surface area contributed by atoms with E-state index in [2.05, 4.69) is 17.1 Å². The number of aryl methyl sites for hydroxylation is 1. The van der Waals surface area contributed by atoms with Gasteiger partial charge in [0.05, 0.1) is 10.6 Å². The van der Waals surface area contributed by atoms with Gasteiger partial charge in [-0.15, -0.1) is 0 Å². The first-order valence-corrected chi connectivity index (χ1v) is 12.4. The van der Waals surface area contributed by atoms with E-state index in [0.717, 1.165) is 34.3 Å². The van der Waals surface area contributed by atoms with E-state index in [1.807, 2.05) is 71.6 Å². The van der Waals surface area contributed by atoms with Crippen molar-refractivity contribution in [3.63, 3.8) is 0 Å². The molecule has 3 aromatic rings. The van der Waals surface area contributed by atoms with E-state index in [1.165, 1.54) is 17.3 Å². The summed E-state index contributed by atoms with van der Waals surface area (Å²) < 4.78 is 0. The van der Waals surface area contributed by atoms with Gasteiger partial charge in [-0.25, -0.2) is 0 Å². The van der Waals surface area contributed by atoms with Gasteiger partial charge in [0.2, 0.25) is 0 Å². The van der Waals surface area contributed by atoms with Crippen LogP contribution in [0.1, 0.15) is 21.5 Å². The number of amides is 2. The zero-order valence-corrected chi connectivity index (χ0v) is 20.3. The van der Waals surface area contributed by atoms with Crippen molar-refractivity contribution in [3.8, 4) is 0 Å². The summed E-state index contributed by atoms with van der Waals surface area (Å²) in [6.07, 6.45) is 1.88. The van der Waals surface area contributed by atoms with Crippen LogP contribution in [0, 0.1) is 6.92 Å². The van der Waals surface area contributed by atoms with Crippen LogP contribution in [0.4, 0.5) is 11.4 Å². The van der Waals surface area contributed by atoms with Crippen molar-refractivity contribution in [2.45, 2.75) is 11.8 Å². The third-order valence-electron chi connectivity index (χ3n) is 6.09. The van der Waals surface area contributed by atoms with E-state index >= 15 is 0 Å². The minimum Gasteiger partial charge on any atom is -0.368 e. The fourth-order valence-electron chi connectivity index (χ4n) is 4.25. The number of benzene rings is 3. The smallest absolute Gasteiger partial charge is 0.262 e. The average molecular weight is 490 g/mol. The van der Waals surface area contributed by atoms with Crippen molar-refractivity contribution in [1.29, 1.82) is 0 Å². The van der Waals surface area contributed by atoms with Crippen molar-refractivity contribution in [2.75, 3.05) is 36.4 Å². The lowest BCUT2D eigenvalue weighted by atomic mass is 10.1. The number of carbonyl (C=O) groups excluding carboxylic acids is 2. The topological polar surface area (TPSA) is 52.6 Å². The molecule has 3 aromatic carbocycles. The van der Waals surface area contributed by atoms with Crippen LogP contribution in [-0.4, -0.2) is 42.9 Å². The number of hydrogen-bond donors (Lipinski definition) is 1. The maximum Gasteiger partial charge on any atom is 0.262 e. The highest BCUT2D eigenvalue weighted by Crippen LogP contribution is 2.39. The zero-order valence-electron chi connectivity index (χ0n) is 18.8. The Balaban J connectivity index is 1.27. The van der Waals surface area contributed by atoms with Crippen molar-refractivity contribution in [1.82, 2.24) is 4.90 Å². The Morgan fingerprint density at radius 1 is 1.00 bits per heavy atom. The van der Waals surface area contributed by atoms with Crippen molar-refractivity contribution < 1.29 is 9.59 Å². The molecule has 0 bridgehead atoms. The summed E-state index contributed by atoms with van der Waals surface area (Å²) in [6, 6.07) is 21.2. The third kappa shape index (κ3) is 4.69. The van der Waals surface area contributed by atoms with Gasteiger partial charge in [0, 0.05) is 47.3 Å². The van der Waals surface area contributed by atoms with Crippen LogP contribution in [0.25, 0.3) is 6.08 Å². The molecule has 2 aliphatic heterocycles. The average Bonchev–Trinajstić information content (AvgIpc) is 2.86. The molecule has 2 amide bonds. The van der Waals surface area contributed by atoms with E-state index in [0.29, 0.717) is 29.2 Å². The number of carbonyl (C=O) groups is 2. The fraction of sp³-hybridized carbons (Fsp3) is 0.185. The highest BCUT2D eigenvalue weighted by Gasteiger charge is 2.26. The summed E-state index contributed by atoms with van der Waals surface area (Å²) in [5, 5.41) is 3.67. The summed E-state index contributed by atoms with van der Waals surface area (Å²) in [4.78, 5) is 31.6. The lowest BCUT2D eigenvalue weighted by molar-refractivity contribution is -0.112. The lowest BCUT2D eigenvalue weighted by Gasteiger charge is -2.37. The summed E-state index contributed by atoms with van der Waals surface area (Å²) in [5.41, 5.74) is 4.53. The second-order valence-corrected chi connectivity index (χ2v) is 9.92. The van der Waals surface area contributed by atoms with Gasteiger partial charge < -0.3 is 15.1 Å². The molecule has 0 saturated carbocycles. The standard InChI is InChI=1S/C27H24ClN3O2S/c1-18-7-9-21(28)17-23(18)30-11-13-31(14-12-30)27(33)20-8-10-24-22(16-20)29-26(32)25(34-24)15-19-5-3-2-4-6-19/h2-10,15-17H,11-14H2,1H3,(H,29,32). The Labute approximate surface area is 208 Å². The lowest BCUT2D eigenvalue weighted by Crippen LogP contribution is -2.49. The van der Waals surface area contributed by atoms with Gasteiger partial charge in [-0.1, -0.05) is 59.8 Å². The quantitative estimate of drug-likeness (QED) is 0.480. The number of nitrogens with one attached hydrogen (secondary N) is 1. The Morgan fingerprint density at radius 3 is 2.53 bits per heavy atom. The summed E-state index contributed by atoms with van der Waals surface area (Å²) in [7, 11) is 0. The SMILES string of the molecule is Cc1ccc(Cl)cc1N1CCN(C(=O)c2ccc3c(c2)NC(=O)C(=Cc2ccccc2)S3)CC1. The Bertz CT molecular complexity index is 1280. The molecule has 2 heterocycles. The summed E-state index contributed by atoms with van der Waals surface area (Å²) in [6.45, 7) is 4.83. The highest BCUT2D eigenvalue weighted by atomic mass is 35.5. The molecule has 34 heavy (non-hydrogen) atoms. The molecular formula is C27H24ClN3O2S. The number of rotatable bonds is 3. The van der Waals surface area contributed by atoms with Crippen LogP contribution >= 0.6 is 23.4 Å². The Morgan fingerprint density at radius 2 is 1.76 bits per heavy atom. The Hall–Kier alpha value is -3.22.